The van der Waals surface area contributed by atoms with Gasteiger partial charge in [-0.3, -0.25) is 9.28 Å². The fourth-order valence-corrected chi connectivity index (χ4v) is 0.968. The lowest BCUT2D eigenvalue weighted by Gasteiger charge is -2.20. The lowest BCUT2D eigenvalue weighted by molar-refractivity contribution is -0.785. The Labute approximate surface area is 95.7 Å². The minimum Gasteiger partial charge on any atom is -0.481 e. The minimum absolute atomic E-state index is 0.135. The fourth-order valence-electron chi connectivity index (χ4n) is 0.968. The molecule has 1 aromatic carbocycles. The molecule has 0 saturated carbocycles. The van der Waals surface area contributed by atoms with Gasteiger partial charge in [0.2, 0.25) is 0 Å². The summed E-state index contributed by atoms with van der Waals surface area (Å²) in [6, 6.07) is 9.34. The van der Waals surface area contributed by atoms with Crippen molar-refractivity contribution in [2.75, 3.05) is 21.1 Å². The van der Waals surface area contributed by atoms with Crippen molar-refractivity contribution in [1.82, 2.24) is 0 Å². The summed E-state index contributed by atoms with van der Waals surface area (Å²) in [5.74, 6) is -0.699. The van der Waals surface area contributed by atoms with E-state index in [1.165, 1.54) is 0 Å². The third-order valence-electron chi connectivity index (χ3n) is 1.63. The summed E-state index contributed by atoms with van der Waals surface area (Å²) in [4.78, 5) is 20.6. The van der Waals surface area contributed by atoms with Crippen molar-refractivity contribution in [3.05, 3.63) is 35.9 Å². The van der Waals surface area contributed by atoms with E-state index in [9.17, 15) is 4.79 Å². The smallest absolute Gasteiger partial charge is 0.345 e. The minimum atomic E-state index is -0.833. The Morgan fingerprint density at radius 1 is 1.06 bits per heavy atom. The Bertz CT molecular complexity index is 348. The van der Waals surface area contributed by atoms with Crippen LogP contribution in [-0.2, 0) is 4.79 Å². The first-order valence-corrected chi connectivity index (χ1v) is 4.86. The molecule has 0 aliphatic carbocycles. The van der Waals surface area contributed by atoms with Crippen LogP contribution in [0.3, 0.4) is 0 Å². The van der Waals surface area contributed by atoms with Crippen molar-refractivity contribution in [2.45, 2.75) is 6.92 Å². The fraction of sp³-hybridized carbons (Fsp3) is 0.333. The van der Waals surface area contributed by atoms with Crippen LogP contribution >= 0.6 is 0 Å². The Morgan fingerprint density at radius 3 is 1.75 bits per heavy atom. The van der Waals surface area contributed by atoms with Crippen LogP contribution in [0.5, 0.6) is 0 Å². The van der Waals surface area contributed by atoms with Crippen LogP contribution in [-0.4, -0.2) is 42.6 Å². The number of hydrogen-bond donors (Lipinski definition) is 1. The first-order valence-electron chi connectivity index (χ1n) is 4.86. The molecule has 16 heavy (non-hydrogen) atoms. The number of rotatable bonds is 1. The van der Waals surface area contributed by atoms with E-state index in [2.05, 4.69) is 0 Å². The average Bonchev–Trinajstić information content (AvgIpc) is 2.16. The lowest BCUT2D eigenvalue weighted by atomic mass is 10.2. The number of carbonyl (C=O) groups excluding carboxylic acids is 1. The highest BCUT2D eigenvalue weighted by molar-refractivity contribution is 5.88. The van der Waals surface area contributed by atoms with Crippen LogP contribution in [0.2, 0.25) is 0 Å². The zero-order chi connectivity index (χ0) is 12.8. The molecule has 0 unspecified atom stereocenters. The first-order chi connectivity index (χ1) is 7.25. The number of hydrogen-bond acceptors (Lipinski definition) is 2. The molecule has 0 aromatic heterocycles. The maximum Gasteiger partial charge on any atom is 0.345 e. The molecule has 88 valence electrons. The quantitative estimate of drug-likeness (QED) is 0.737. The molecule has 1 N–H and O–H groups in total. The highest BCUT2D eigenvalue weighted by atomic mass is 16.4. The standard InChI is InChI=1S/C10H14NO.C2H4O2/c1-11(2,3)10(12)9-7-5-4-6-8-9;1-2(3)4/h4-8H,1-3H3;1H3,(H,3,4)/q+1;. The molecule has 1 amide bonds. The van der Waals surface area contributed by atoms with Gasteiger partial charge in [0.1, 0.15) is 0 Å². The summed E-state index contributed by atoms with van der Waals surface area (Å²) in [6.45, 7) is 1.08. The lowest BCUT2D eigenvalue weighted by Crippen LogP contribution is -2.41. The highest BCUT2D eigenvalue weighted by Gasteiger charge is 2.21. The monoisotopic (exact) mass is 224 g/mol. The summed E-state index contributed by atoms with van der Waals surface area (Å²) < 4.78 is 0.337. The Morgan fingerprint density at radius 2 is 1.44 bits per heavy atom. The van der Waals surface area contributed by atoms with Crippen molar-refractivity contribution < 1.29 is 19.2 Å². The van der Waals surface area contributed by atoms with Gasteiger partial charge in [0.25, 0.3) is 5.97 Å². The van der Waals surface area contributed by atoms with Gasteiger partial charge >= 0.3 is 5.91 Å². The molecule has 1 aromatic rings. The number of carboxylic acid groups (broad SMARTS) is 1. The van der Waals surface area contributed by atoms with Crippen LogP contribution in [0.4, 0.5) is 0 Å². The van der Waals surface area contributed by atoms with Gasteiger partial charge in [-0.25, -0.2) is 4.79 Å². The predicted molar refractivity (Wildman–Crippen MR) is 62.1 cm³/mol. The Kier molecular flexibility index (Phi) is 5.39. The van der Waals surface area contributed by atoms with Crippen LogP contribution in [0.1, 0.15) is 17.3 Å². The van der Waals surface area contributed by atoms with Crippen molar-refractivity contribution in [2.24, 2.45) is 0 Å². The van der Waals surface area contributed by atoms with Gasteiger partial charge in [-0.1, -0.05) is 18.2 Å². The van der Waals surface area contributed by atoms with Crippen molar-refractivity contribution in [3.63, 3.8) is 0 Å². The van der Waals surface area contributed by atoms with Gasteiger partial charge in [-0.2, -0.15) is 0 Å². The topological polar surface area (TPSA) is 54.4 Å². The van der Waals surface area contributed by atoms with Crippen LogP contribution in [0.15, 0.2) is 30.3 Å². The van der Waals surface area contributed by atoms with E-state index < -0.39 is 5.97 Å². The molecule has 0 radical (unpaired) electrons. The first kappa shape index (κ1) is 14.3. The molecule has 0 fully saturated rings. The van der Waals surface area contributed by atoms with Crippen LogP contribution in [0, 0.1) is 0 Å². The number of nitrogens with zero attached hydrogens (tertiary/aromatic N) is 1. The molecule has 0 spiro atoms. The molecule has 4 nitrogen and oxygen atoms in total. The zero-order valence-electron chi connectivity index (χ0n) is 10.1. The molecular weight excluding hydrogens is 206 g/mol. The molecule has 0 saturated heterocycles. The van der Waals surface area contributed by atoms with Crippen LogP contribution in [0.25, 0.3) is 0 Å². The summed E-state index contributed by atoms with van der Waals surface area (Å²) in [6.07, 6.45) is 0. The third-order valence-corrected chi connectivity index (χ3v) is 1.63. The van der Waals surface area contributed by atoms with Crippen molar-refractivity contribution in [1.29, 1.82) is 0 Å². The summed E-state index contributed by atoms with van der Waals surface area (Å²) in [5, 5.41) is 7.42. The van der Waals surface area contributed by atoms with Gasteiger partial charge in [0.05, 0.1) is 26.7 Å². The number of benzene rings is 1. The molecule has 1 rings (SSSR count). The molecule has 0 atom stereocenters. The van der Waals surface area contributed by atoms with Crippen molar-refractivity contribution in [3.8, 4) is 0 Å². The van der Waals surface area contributed by atoms with E-state index in [1.54, 1.807) is 0 Å². The molecule has 4 heteroatoms. The van der Waals surface area contributed by atoms with E-state index >= 15 is 0 Å². The maximum absolute atomic E-state index is 11.6. The van der Waals surface area contributed by atoms with E-state index in [0.717, 1.165) is 12.5 Å². The summed E-state index contributed by atoms with van der Waals surface area (Å²) >= 11 is 0. The molecular formula is C12H18NO3+. The van der Waals surface area contributed by atoms with E-state index in [4.69, 9.17) is 9.90 Å². The van der Waals surface area contributed by atoms with Crippen molar-refractivity contribution >= 4 is 11.9 Å². The molecule has 0 aliphatic heterocycles. The molecule has 0 heterocycles. The van der Waals surface area contributed by atoms with Crippen LogP contribution < -0.4 is 0 Å². The summed E-state index contributed by atoms with van der Waals surface area (Å²) in [7, 11) is 5.61. The van der Waals surface area contributed by atoms with E-state index in [0.29, 0.717) is 4.48 Å². The van der Waals surface area contributed by atoms with Gasteiger partial charge < -0.3 is 5.11 Å². The maximum atomic E-state index is 11.6. The largest absolute Gasteiger partial charge is 0.481 e. The number of aliphatic carboxylic acids is 1. The Balaban J connectivity index is 0.000000487. The SMILES string of the molecule is CC(=O)O.C[N+](C)(C)C(=O)c1ccccc1. The van der Waals surface area contributed by atoms with Gasteiger partial charge in [0, 0.05) is 6.92 Å². The average molecular weight is 224 g/mol. The van der Waals surface area contributed by atoms with E-state index in [-0.39, 0.29) is 5.91 Å². The van der Waals surface area contributed by atoms with E-state index in [1.807, 2.05) is 51.5 Å². The second kappa shape index (κ2) is 6.02. The van der Waals surface area contributed by atoms with Gasteiger partial charge in [-0.05, 0) is 12.1 Å². The number of carboxylic acids is 1. The number of carbonyl (C=O) groups is 2. The zero-order valence-corrected chi connectivity index (χ0v) is 10.1. The number of quaternary nitrogens is 1. The Hall–Kier alpha value is -1.68. The predicted octanol–water partition coefficient (Wildman–Crippen LogP) is 1.62. The summed E-state index contributed by atoms with van der Waals surface area (Å²) in [5.41, 5.74) is 0.769. The second-order valence-electron chi connectivity index (χ2n) is 4.20. The molecule has 0 bridgehead atoms. The highest BCUT2D eigenvalue weighted by Crippen LogP contribution is 2.05. The molecule has 0 aliphatic rings. The van der Waals surface area contributed by atoms with Gasteiger partial charge in [0.15, 0.2) is 0 Å². The number of amides is 1. The third kappa shape index (κ3) is 5.93. The van der Waals surface area contributed by atoms with Gasteiger partial charge in [-0.15, -0.1) is 0 Å². The second-order valence-corrected chi connectivity index (χ2v) is 4.20. The normalized spacial score (nSPS) is 10.0.